The number of sulfonamides is 1. The van der Waals surface area contributed by atoms with E-state index in [2.05, 4.69) is 20.7 Å². The number of ether oxygens (including phenoxy) is 2. The van der Waals surface area contributed by atoms with Gasteiger partial charge in [0, 0.05) is 4.47 Å². The Morgan fingerprint density at radius 3 is 2.46 bits per heavy atom. The molecule has 7 heteroatoms. The van der Waals surface area contributed by atoms with Crippen LogP contribution in [0.1, 0.15) is 12.5 Å². The lowest BCUT2D eigenvalue weighted by molar-refractivity contribution is 0.287. The average molecular weight is 414 g/mol. The summed E-state index contributed by atoms with van der Waals surface area (Å²) in [6, 6.07) is 12.0. The zero-order chi connectivity index (χ0) is 17.7. The Bertz CT molecular complexity index is 791. The van der Waals surface area contributed by atoms with Crippen molar-refractivity contribution in [3.8, 4) is 11.5 Å². The largest absolute Gasteiger partial charge is 0.495 e. The molecular formula is C17H20BrNO4S. The third kappa shape index (κ3) is 4.96. The van der Waals surface area contributed by atoms with E-state index in [4.69, 9.17) is 9.47 Å². The molecule has 1 N–H and O–H groups in total. The van der Waals surface area contributed by atoms with Crippen LogP contribution in [0, 0.1) is 6.92 Å². The Hall–Kier alpha value is -1.57. The lowest BCUT2D eigenvalue weighted by atomic mass is 10.2. The summed E-state index contributed by atoms with van der Waals surface area (Å²) >= 11 is 3.28. The summed E-state index contributed by atoms with van der Waals surface area (Å²) in [5.41, 5.74) is 1.14. The molecule has 2 aromatic rings. The molecule has 130 valence electrons. The maximum absolute atomic E-state index is 12.6. The van der Waals surface area contributed by atoms with Gasteiger partial charge in [0.15, 0.2) is 0 Å². The van der Waals surface area contributed by atoms with E-state index in [1.165, 1.54) is 13.2 Å². The minimum atomic E-state index is -3.72. The number of hydrogen-bond donors (Lipinski definition) is 1. The number of nitrogens with one attached hydrogen (secondary N) is 1. The molecule has 0 aliphatic heterocycles. The highest BCUT2D eigenvalue weighted by molar-refractivity contribution is 9.10. The number of aryl methyl sites for hydroxylation is 1. The van der Waals surface area contributed by atoms with E-state index in [1.54, 1.807) is 19.1 Å². The van der Waals surface area contributed by atoms with Crippen molar-refractivity contribution in [1.29, 1.82) is 0 Å². The van der Waals surface area contributed by atoms with Gasteiger partial charge in [-0.05, 0) is 44.2 Å². The van der Waals surface area contributed by atoms with Gasteiger partial charge in [0.25, 0.3) is 0 Å². The summed E-state index contributed by atoms with van der Waals surface area (Å²) in [6.07, 6.45) is 0. The third-order valence-electron chi connectivity index (χ3n) is 3.29. The second kappa shape index (κ2) is 8.00. The predicted octanol–water partition coefficient (Wildman–Crippen LogP) is 3.51. The summed E-state index contributed by atoms with van der Waals surface area (Å²) in [5, 5.41) is 0. The molecule has 0 aromatic heterocycles. The van der Waals surface area contributed by atoms with E-state index < -0.39 is 16.1 Å². The number of benzene rings is 2. The molecule has 2 rings (SSSR count). The quantitative estimate of drug-likeness (QED) is 0.753. The normalized spacial score (nSPS) is 12.7. The smallest absolute Gasteiger partial charge is 0.244 e. The van der Waals surface area contributed by atoms with Crippen LogP contribution in [0.25, 0.3) is 0 Å². The van der Waals surface area contributed by atoms with Crippen LogP contribution in [0.3, 0.4) is 0 Å². The molecule has 24 heavy (non-hydrogen) atoms. The molecule has 0 saturated carbocycles. The van der Waals surface area contributed by atoms with E-state index >= 15 is 0 Å². The van der Waals surface area contributed by atoms with Crippen LogP contribution >= 0.6 is 15.9 Å². The second-order valence-electron chi connectivity index (χ2n) is 5.44. The fourth-order valence-corrected chi connectivity index (χ4v) is 4.01. The number of methoxy groups -OCH3 is 1. The molecule has 0 heterocycles. The standard InChI is InChI=1S/C17H20BrNO4S/c1-12-4-7-15(8-5-12)23-11-13(2)19-24(20,21)17-10-14(18)6-9-16(17)22-3/h4-10,13,19H,11H2,1-3H3/t13-/m0/s1. The second-order valence-corrected chi connectivity index (χ2v) is 8.04. The van der Waals surface area contributed by atoms with Gasteiger partial charge in [0.2, 0.25) is 10.0 Å². The molecule has 5 nitrogen and oxygen atoms in total. The van der Waals surface area contributed by atoms with E-state index in [0.29, 0.717) is 10.2 Å². The van der Waals surface area contributed by atoms with Crippen LogP contribution in [0.4, 0.5) is 0 Å². The van der Waals surface area contributed by atoms with Gasteiger partial charge >= 0.3 is 0 Å². The highest BCUT2D eigenvalue weighted by Gasteiger charge is 2.22. The fourth-order valence-electron chi connectivity index (χ4n) is 2.08. The number of hydrogen-bond acceptors (Lipinski definition) is 4. The van der Waals surface area contributed by atoms with Crippen LogP contribution in [-0.4, -0.2) is 28.2 Å². The van der Waals surface area contributed by atoms with Gasteiger partial charge in [-0.3, -0.25) is 0 Å². The molecule has 0 fully saturated rings. The lowest BCUT2D eigenvalue weighted by Crippen LogP contribution is -2.36. The minimum absolute atomic E-state index is 0.0848. The van der Waals surface area contributed by atoms with Crippen molar-refractivity contribution in [3.05, 3.63) is 52.5 Å². The van der Waals surface area contributed by atoms with Crippen molar-refractivity contribution in [1.82, 2.24) is 4.72 Å². The van der Waals surface area contributed by atoms with Crippen molar-refractivity contribution in [2.24, 2.45) is 0 Å². The Morgan fingerprint density at radius 2 is 1.83 bits per heavy atom. The zero-order valence-corrected chi connectivity index (χ0v) is 16.1. The van der Waals surface area contributed by atoms with Crippen molar-refractivity contribution < 1.29 is 17.9 Å². The monoisotopic (exact) mass is 413 g/mol. The number of halogens is 1. The van der Waals surface area contributed by atoms with Gasteiger partial charge in [-0.1, -0.05) is 33.6 Å². The molecule has 0 amide bonds. The molecule has 0 bridgehead atoms. The molecule has 1 atom stereocenters. The predicted molar refractivity (Wildman–Crippen MR) is 97.2 cm³/mol. The van der Waals surface area contributed by atoms with Crippen LogP contribution in [0.5, 0.6) is 11.5 Å². The molecule has 0 radical (unpaired) electrons. The number of rotatable bonds is 7. The van der Waals surface area contributed by atoms with Crippen molar-refractivity contribution >= 4 is 26.0 Å². The Morgan fingerprint density at radius 1 is 1.17 bits per heavy atom. The molecule has 0 unspecified atom stereocenters. The molecule has 0 aliphatic rings. The van der Waals surface area contributed by atoms with E-state index in [9.17, 15) is 8.42 Å². The third-order valence-corrected chi connectivity index (χ3v) is 5.40. The topological polar surface area (TPSA) is 64.6 Å². The van der Waals surface area contributed by atoms with Gasteiger partial charge in [-0.2, -0.15) is 0 Å². The van der Waals surface area contributed by atoms with Crippen LogP contribution < -0.4 is 14.2 Å². The van der Waals surface area contributed by atoms with Gasteiger partial charge in [0.1, 0.15) is 23.0 Å². The van der Waals surface area contributed by atoms with E-state index in [0.717, 1.165) is 5.56 Å². The summed E-state index contributed by atoms with van der Waals surface area (Å²) in [5.74, 6) is 0.990. The lowest BCUT2D eigenvalue weighted by Gasteiger charge is -2.17. The summed E-state index contributed by atoms with van der Waals surface area (Å²) in [4.78, 5) is 0.0848. The first-order valence-corrected chi connectivity index (χ1v) is 9.65. The minimum Gasteiger partial charge on any atom is -0.495 e. The molecule has 0 saturated heterocycles. The molecule has 2 aromatic carbocycles. The fraction of sp³-hybridized carbons (Fsp3) is 0.294. The zero-order valence-electron chi connectivity index (χ0n) is 13.7. The van der Waals surface area contributed by atoms with Gasteiger partial charge in [-0.15, -0.1) is 0 Å². The summed E-state index contributed by atoms with van der Waals surface area (Å²) in [6.45, 7) is 3.96. The summed E-state index contributed by atoms with van der Waals surface area (Å²) in [7, 11) is -2.28. The van der Waals surface area contributed by atoms with Crippen molar-refractivity contribution in [3.63, 3.8) is 0 Å². The summed E-state index contributed by atoms with van der Waals surface area (Å²) < 4.78 is 39.1. The van der Waals surface area contributed by atoms with Crippen molar-refractivity contribution in [2.75, 3.05) is 13.7 Å². The average Bonchev–Trinajstić information content (AvgIpc) is 2.54. The van der Waals surface area contributed by atoms with E-state index in [-0.39, 0.29) is 17.3 Å². The van der Waals surface area contributed by atoms with Crippen LogP contribution in [0.2, 0.25) is 0 Å². The first kappa shape index (κ1) is 18.8. The van der Waals surface area contributed by atoms with E-state index in [1.807, 2.05) is 31.2 Å². The molecule has 0 aliphatic carbocycles. The highest BCUT2D eigenvalue weighted by atomic mass is 79.9. The van der Waals surface area contributed by atoms with Crippen molar-refractivity contribution in [2.45, 2.75) is 24.8 Å². The van der Waals surface area contributed by atoms with Gasteiger partial charge in [0.05, 0.1) is 13.2 Å². The first-order valence-electron chi connectivity index (χ1n) is 7.37. The Labute approximate surface area is 151 Å². The Balaban J connectivity index is 2.05. The van der Waals surface area contributed by atoms with Crippen LogP contribution in [-0.2, 0) is 10.0 Å². The van der Waals surface area contributed by atoms with Crippen LogP contribution in [0.15, 0.2) is 51.8 Å². The highest BCUT2D eigenvalue weighted by Crippen LogP contribution is 2.27. The van der Waals surface area contributed by atoms with Gasteiger partial charge < -0.3 is 9.47 Å². The molecular weight excluding hydrogens is 394 g/mol. The SMILES string of the molecule is COc1ccc(Br)cc1S(=O)(=O)N[C@@H](C)COc1ccc(C)cc1. The van der Waals surface area contributed by atoms with Gasteiger partial charge in [-0.25, -0.2) is 13.1 Å². The first-order chi connectivity index (χ1) is 11.3. The molecule has 0 spiro atoms. The Kier molecular flexibility index (Phi) is 6.26. The maximum Gasteiger partial charge on any atom is 0.244 e. The maximum atomic E-state index is 12.6.